The third-order valence-corrected chi connectivity index (χ3v) is 6.45. The highest BCUT2D eigenvalue weighted by Crippen LogP contribution is 2.16. The third kappa shape index (κ3) is 22.5. The molecular formula is C28H59N. The van der Waals surface area contributed by atoms with Gasteiger partial charge in [-0.2, -0.15) is 0 Å². The molecular weight excluding hydrogens is 350 g/mol. The predicted octanol–water partition coefficient (Wildman–Crippen LogP) is 9.64. The maximum absolute atomic E-state index is 2.82. The molecule has 0 saturated carbocycles. The van der Waals surface area contributed by atoms with E-state index in [4.69, 9.17) is 0 Å². The van der Waals surface area contributed by atoms with E-state index in [1.54, 1.807) is 0 Å². The molecule has 0 aromatic heterocycles. The van der Waals surface area contributed by atoms with Crippen LogP contribution in [-0.4, -0.2) is 24.5 Å². The maximum atomic E-state index is 2.82. The Bertz CT molecular complexity index is 283. The summed E-state index contributed by atoms with van der Waals surface area (Å²) in [6, 6.07) is 0. The van der Waals surface area contributed by atoms with Crippen molar-refractivity contribution in [3.63, 3.8) is 0 Å². The molecule has 0 spiro atoms. The second kappa shape index (κ2) is 22.6. The summed E-state index contributed by atoms with van der Waals surface area (Å²) in [4.78, 5) is 2.82. The predicted molar refractivity (Wildman–Crippen MR) is 135 cm³/mol. The second-order valence-corrected chi connectivity index (χ2v) is 10.3. The molecule has 1 heteroatoms. The lowest BCUT2D eigenvalue weighted by molar-refractivity contribution is 0.220. The lowest BCUT2D eigenvalue weighted by Crippen LogP contribution is -2.30. The number of hydrogen-bond acceptors (Lipinski definition) is 1. The van der Waals surface area contributed by atoms with Crippen molar-refractivity contribution in [3.05, 3.63) is 0 Å². The van der Waals surface area contributed by atoms with Crippen molar-refractivity contribution in [1.29, 1.82) is 0 Å². The Hall–Kier alpha value is -0.0400. The Morgan fingerprint density at radius 3 is 1.38 bits per heavy atom. The van der Waals surface area contributed by atoms with Crippen LogP contribution in [0.25, 0.3) is 0 Å². The van der Waals surface area contributed by atoms with Gasteiger partial charge >= 0.3 is 0 Å². The third-order valence-electron chi connectivity index (χ3n) is 6.45. The highest BCUT2D eigenvalue weighted by atomic mass is 15.1. The van der Waals surface area contributed by atoms with Gasteiger partial charge in [0, 0.05) is 6.54 Å². The Morgan fingerprint density at radius 2 is 0.897 bits per heavy atom. The van der Waals surface area contributed by atoms with Gasteiger partial charge in [-0.3, -0.25) is 0 Å². The minimum absolute atomic E-state index is 0.875. The molecule has 1 nitrogen and oxygen atoms in total. The summed E-state index contributed by atoms with van der Waals surface area (Å²) in [5, 5.41) is 0. The van der Waals surface area contributed by atoms with Gasteiger partial charge in [-0.25, -0.2) is 0 Å². The molecule has 0 N–H and O–H groups in total. The van der Waals surface area contributed by atoms with Crippen LogP contribution in [0.2, 0.25) is 0 Å². The van der Waals surface area contributed by atoms with Crippen LogP contribution >= 0.6 is 0 Å². The summed E-state index contributed by atoms with van der Waals surface area (Å²) < 4.78 is 0. The zero-order valence-electron chi connectivity index (χ0n) is 21.5. The van der Waals surface area contributed by atoms with Gasteiger partial charge in [-0.15, -0.1) is 0 Å². The van der Waals surface area contributed by atoms with Gasteiger partial charge in [-0.1, -0.05) is 131 Å². The molecule has 0 saturated heterocycles. The SMILES string of the molecule is CCCCCCCCN(CCCCCCCC)CC(C)CCCCCCC(C)C. The molecule has 0 rings (SSSR count). The van der Waals surface area contributed by atoms with Gasteiger partial charge < -0.3 is 4.90 Å². The van der Waals surface area contributed by atoms with Crippen LogP contribution in [0.15, 0.2) is 0 Å². The van der Waals surface area contributed by atoms with E-state index in [9.17, 15) is 0 Å². The minimum Gasteiger partial charge on any atom is -0.303 e. The largest absolute Gasteiger partial charge is 0.303 e. The van der Waals surface area contributed by atoms with Crippen molar-refractivity contribution in [2.45, 2.75) is 150 Å². The van der Waals surface area contributed by atoms with Crippen molar-refractivity contribution in [1.82, 2.24) is 4.90 Å². The lowest BCUT2D eigenvalue weighted by Gasteiger charge is -2.26. The van der Waals surface area contributed by atoms with Crippen LogP contribution < -0.4 is 0 Å². The van der Waals surface area contributed by atoms with Crippen molar-refractivity contribution >= 4 is 0 Å². The molecule has 0 bridgehead atoms. The van der Waals surface area contributed by atoms with Crippen molar-refractivity contribution in [2.24, 2.45) is 11.8 Å². The number of unbranched alkanes of at least 4 members (excludes halogenated alkanes) is 13. The quantitative estimate of drug-likeness (QED) is 0.152. The molecule has 0 heterocycles. The topological polar surface area (TPSA) is 3.24 Å². The van der Waals surface area contributed by atoms with Gasteiger partial charge in [0.15, 0.2) is 0 Å². The standard InChI is InChI=1S/C28H59N/c1-6-8-10-12-16-20-24-29(25-21-17-13-11-9-7-2)26-28(5)23-19-15-14-18-22-27(3)4/h27-28H,6-26H2,1-5H3. The van der Waals surface area contributed by atoms with E-state index < -0.39 is 0 Å². The molecule has 29 heavy (non-hydrogen) atoms. The van der Waals surface area contributed by atoms with E-state index in [2.05, 4.69) is 39.5 Å². The Balaban J connectivity index is 3.99. The Labute approximate surface area is 186 Å². The van der Waals surface area contributed by atoms with Gasteiger partial charge in [-0.05, 0) is 44.2 Å². The van der Waals surface area contributed by atoms with E-state index in [-0.39, 0.29) is 0 Å². The monoisotopic (exact) mass is 409 g/mol. The second-order valence-electron chi connectivity index (χ2n) is 10.3. The first-order valence-electron chi connectivity index (χ1n) is 13.8. The number of nitrogens with zero attached hydrogens (tertiary/aromatic N) is 1. The van der Waals surface area contributed by atoms with Crippen LogP contribution in [-0.2, 0) is 0 Å². The number of hydrogen-bond donors (Lipinski definition) is 0. The van der Waals surface area contributed by atoms with Crippen LogP contribution in [0.3, 0.4) is 0 Å². The van der Waals surface area contributed by atoms with E-state index in [1.165, 1.54) is 135 Å². The lowest BCUT2D eigenvalue weighted by atomic mass is 9.99. The summed E-state index contributed by atoms with van der Waals surface area (Å²) in [5.41, 5.74) is 0. The summed E-state index contributed by atoms with van der Waals surface area (Å²) in [7, 11) is 0. The zero-order chi connectivity index (χ0) is 21.6. The summed E-state index contributed by atoms with van der Waals surface area (Å²) in [6.45, 7) is 15.9. The first-order chi connectivity index (χ1) is 14.1. The average Bonchev–Trinajstić information content (AvgIpc) is 2.69. The summed E-state index contributed by atoms with van der Waals surface area (Å²) in [5.74, 6) is 1.76. The fourth-order valence-electron chi connectivity index (χ4n) is 4.46. The van der Waals surface area contributed by atoms with E-state index in [0.717, 1.165) is 11.8 Å². The Kier molecular flexibility index (Phi) is 22.6. The minimum atomic E-state index is 0.875. The van der Waals surface area contributed by atoms with Gasteiger partial charge in [0.2, 0.25) is 0 Å². The molecule has 0 aromatic rings. The first kappa shape index (κ1) is 29.0. The van der Waals surface area contributed by atoms with E-state index >= 15 is 0 Å². The first-order valence-corrected chi connectivity index (χ1v) is 13.8. The molecule has 176 valence electrons. The van der Waals surface area contributed by atoms with Crippen molar-refractivity contribution < 1.29 is 0 Å². The molecule has 0 amide bonds. The molecule has 0 aliphatic carbocycles. The van der Waals surface area contributed by atoms with Crippen LogP contribution in [0.5, 0.6) is 0 Å². The van der Waals surface area contributed by atoms with Gasteiger partial charge in [0.1, 0.15) is 0 Å². The molecule has 0 aliphatic heterocycles. The van der Waals surface area contributed by atoms with Gasteiger partial charge in [0.25, 0.3) is 0 Å². The molecule has 1 unspecified atom stereocenters. The highest BCUT2D eigenvalue weighted by Gasteiger charge is 2.10. The van der Waals surface area contributed by atoms with E-state index in [1.807, 2.05) is 0 Å². The van der Waals surface area contributed by atoms with E-state index in [0.29, 0.717) is 0 Å². The fourth-order valence-corrected chi connectivity index (χ4v) is 4.46. The van der Waals surface area contributed by atoms with Crippen LogP contribution in [0.1, 0.15) is 150 Å². The number of rotatable bonds is 23. The normalized spacial score (nSPS) is 12.9. The summed E-state index contributed by atoms with van der Waals surface area (Å²) in [6.07, 6.45) is 25.7. The zero-order valence-corrected chi connectivity index (χ0v) is 21.5. The maximum Gasteiger partial charge on any atom is 0.000702 e. The highest BCUT2D eigenvalue weighted by molar-refractivity contribution is 4.65. The van der Waals surface area contributed by atoms with Crippen molar-refractivity contribution in [2.75, 3.05) is 19.6 Å². The summed E-state index contributed by atoms with van der Waals surface area (Å²) >= 11 is 0. The fraction of sp³-hybridized carbons (Fsp3) is 1.00. The molecule has 0 aliphatic rings. The Morgan fingerprint density at radius 1 is 0.483 bits per heavy atom. The molecule has 0 fully saturated rings. The molecule has 0 radical (unpaired) electrons. The smallest absolute Gasteiger partial charge is 0.000702 e. The molecule has 1 atom stereocenters. The molecule has 0 aromatic carbocycles. The van der Waals surface area contributed by atoms with Crippen molar-refractivity contribution in [3.8, 4) is 0 Å². The van der Waals surface area contributed by atoms with Gasteiger partial charge in [0.05, 0.1) is 0 Å². The van der Waals surface area contributed by atoms with Crippen LogP contribution in [0, 0.1) is 11.8 Å². The van der Waals surface area contributed by atoms with Crippen LogP contribution in [0.4, 0.5) is 0 Å². The average molecular weight is 410 g/mol.